The fourth-order valence-corrected chi connectivity index (χ4v) is 6.25. The summed E-state index contributed by atoms with van der Waals surface area (Å²) in [6.45, 7) is 3.74. The van der Waals surface area contributed by atoms with Crippen molar-refractivity contribution in [3.8, 4) is 5.75 Å². The van der Waals surface area contributed by atoms with Gasteiger partial charge in [-0.1, -0.05) is 11.6 Å². The minimum atomic E-state index is -3.94. The molecule has 0 amide bonds. The van der Waals surface area contributed by atoms with E-state index in [2.05, 4.69) is 4.72 Å². The molecule has 1 saturated heterocycles. The standard InChI is InChI=1S/C18H21ClN2O5S2/c1-12-10-18(13(2)9-15(12)19)28(24,25)20-16-11-14(5-6-17(16)26-3)21-7-4-8-27(21,22)23/h5-6,9-11,20H,4,7-8H2,1-3H3. The van der Waals surface area contributed by atoms with Gasteiger partial charge in [-0.15, -0.1) is 0 Å². The van der Waals surface area contributed by atoms with Crippen molar-refractivity contribution in [1.29, 1.82) is 0 Å². The summed E-state index contributed by atoms with van der Waals surface area (Å²) in [6, 6.07) is 7.70. The van der Waals surface area contributed by atoms with Crippen LogP contribution in [-0.4, -0.2) is 36.2 Å². The van der Waals surface area contributed by atoms with E-state index >= 15 is 0 Å². The van der Waals surface area contributed by atoms with Crippen molar-refractivity contribution in [1.82, 2.24) is 0 Å². The molecule has 1 N–H and O–H groups in total. The molecule has 0 aromatic heterocycles. The molecule has 28 heavy (non-hydrogen) atoms. The van der Waals surface area contributed by atoms with Crippen LogP contribution in [0.2, 0.25) is 5.02 Å². The lowest BCUT2D eigenvalue weighted by molar-refractivity contribution is 0.417. The lowest BCUT2D eigenvalue weighted by Crippen LogP contribution is -2.25. The van der Waals surface area contributed by atoms with Crippen molar-refractivity contribution >= 4 is 43.0 Å². The van der Waals surface area contributed by atoms with Crippen LogP contribution in [0.4, 0.5) is 11.4 Å². The van der Waals surface area contributed by atoms with E-state index in [0.717, 1.165) is 0 Å². The normalized spacial score (nSPS) is 16.2. The zero-order valence-electron chi connectivity index (χ0n) is 15.7. The van der Waals surface area contributed by atoms with Crippen molar-refractivity contribution in [2.45, 2.75) is 25.2 Å². The van der Waals surface area contributed by atoms with Gasteiger partial charge >= 0.3 is 0 Å². The summed E-state index contributed by atoms with van der Waals surface area (Å²) in [6.07, 6.45) is 0.526. The van der Waals surface area contributed by atoms with Crippen LogP contribution < -0.4 is 13.8 Å². The van der Waals surface area contributed by atoms with Crippen LogP contribution in [0.1, 0.15) is 17.5 Å². The van der Waals surface area contributed by atoms with Gasteiger partial charge in [-0.2, -0.15) is 0 Å². The molecule has 2 aromatic carbocycles. The Balaban J connectivity index is 2.03. The van der Waals surface area contributed by atoms with Gasteiger partial charge in [-0.25, -0.2) is 16.8 Å². The lowest BCUT2D eigenvalue weighted by Gasteiger charge is -2.20. The zero-order chi connectivity index (χ0) is 20.7. The fourth-order valence-electron chi connectivity index (χ4n) is 3.10. The molecule has 152 valence electrons. The Hall–Kier alpha value is -1.97. The third-order valence-electron chi connectivity index (χ3n) is 4.56. The summed E-state index contributed by atoms with van der Waals surface area (Å²) < 4.78 is 59.4. The number of benzene rings is 2. The summed E-state index contributed by atoms with van der Waals surface area (Å²) in [5, 5.41) is 0.482. The van der Waals surface area contributed by atoms with Crippen LogP contribution in [0.5, 0.6) is 5.75 Å². The number of nitrogens with zero attached hydrogens (tertiary/aromatic N) is 1. The number of methoxy groups -OCH3 is 1. The molecule has 3 rings (SSSR count). The van der Waals surface area contributed by atoms with Crippen molar-refractivity contribution in [2.24, 2.45) is 0 Å². The first-order valence-electron chi connectivity index (χ1n) is 8.53. The predicted molar refractivity (Wildman–Crippen MR) is 110 cm³/mol. The Morgan fingerprint density at radius 1 is 1.14 bits per heavy atom. The van der Waals surface area contributed by atoms with Crippen molar-refractivity contribution in [2.75, 3.05) is 28.4 Å². The summed E-state index contributed by atoms with van der Waals surface area (Å²) in [5.41, 5.74) is 1.69. The van der Waals surface area contributed by atoms with Gasteiger partial charge in [-0.3, -0.25) is 9.03 Å². The maximum absolute atomic E-state index is 13.0. The number of rotatable bonds is 5. The molecule has 10 heteroatoms. The summed E-state index contributed by atoms with van der Waals surface area (Å²) in [5.74, 6) is 0.357. The smallest absolute Gasteiger partial charge is 0.262 e. The van der Waals surface area contributed by atoms with Crippen molar-refractivity contribution in [3.63, 3.8) is 0 Å². The summed E-state index contributed by atoms with van der Waals surface area (Å²) >= 11 is 6.07. The van der Waals surface area contributed by atoms with Crippen molar-refractivity contribution in [3.05, 3.63) is 46.5 Å². The maximum atomic E-state index is 13.0. The Morgan fingerprint density at radius 3 is 2.46 bits per heavy atom. The third kappa shape index (κ3) is 3.92. The minimum Gasteiger partial charge on any atom is -0.495 e. The monoisotopic (exact) mass is 444 g/mol. The second-order valence-electron chi connectivity index (χ2n) is 6.60. The molecule has 0 radical (unpaired) electrons. The zero-order valence-corrected chi connectivity index (χ0v) is 18.1. The SMILES string of the molecule is COc1ccc(N2CCCS2(=O)=O)cc1NS(=O)(=O)c1cc(C)c(Cl)cc1C. The number of anilines is 2. The molecule has 1 aliphatic heterocycles. The van der Waals surface area contributed by atoms with Gasteiger partial charge in [0.1, 0.15) is 5.75 Å². The van der Waals surface area contributed by atoms with Crippen LogP contribution in [0.15, 0.2) is 35.2 Å². The van der Waals surface area contributed by atoms with Gasteiger partial charge < -0.3 is 4.74 Å². The predicted octanol–water partition coefficient (Wildman–Crippen LogP) is 3.31. The van der Waals surface area contributed by atoms with E-state index in [0.29, 0.717) is 34.8 Å². The molecular formula is C18H21ClN2O5S2. The van der Waals surface area contributed by atoms with Crippen LogP contribution in [0.3, 0.4) is 0 Å². The number of ether oxygens (including phenoxy) is 1. The van der Waals surface area contributed by atoms with E-state index < -0.39 is 20.0 Å². The van der Waals surface area contributed by atoms with E-state index in [-0.39, 0.29) is 22.1 Å². The molecular weight excluding hydrogens is 424 g/mol. The number of hydrogen-bond donors (Lipinski definition) is 1. The Morgan fingerprint density at radius 2 is 1.86 bits per heavy atom. The first kappa shape index (κ1) is 20.8. The number of halogens is 1. The molecule has 7 nitrogen and oxygen atoms in total. The van der Waals surface area contributed by atoms with Gasteiger partial charge in [0.25, 0.3) is 10.0 Å². The molecule has 2 aromatic rings. The first-order chi connectivity index (χ1) is 13.0. The van der Waals surface area contributed by atoms with Gasteiger partial charge in [0, 0.05) is 11.6 Å². The van der Waals surface area contributed by atoms with Gasteiger partial charge in [-0.05, 0) is 61.7 Å². The maximum Gasteiger partial charge on any atom is 0.262 e. The average molecular weight is 445 g/mol. The summed E-state index contributed by atoms with van der Waals surface area (Å²) in [7, 11) is -5.92. The van der Waals surface area contributed by atoms with Crippen molar-refractivity contribution < 1.29 is 21.6 Å². The Labute approximate surface area is 170 Å². The molecule has 0 unspecified atom stereocenters. The van der Waals surface area contributed by atoms with Gasteiger partial charge in [0.05, 0.1) is 29.1 Å². The van der Waals surface area contributed by atoms with E-state index in [1.807, 2.05) is 0 Å². The quantitative estimate of drug-likeness (QED) is 0.763. The number of hydrogen-bond acceptors (Lipinski definition) is 5. The highest BCUT2D eigenvalue weighted by Crippen LogP contribution is 2.34. The molecule has 0 bridgehead atoms. The minimum absolute atomic E-state index is 0.0728. The topological polar surface area (TPSA) is 92.8 Å². The highest BCUT2D eigenvalue weighted by molar-refractivity contribution is 7.93. The molecule has 1 fully saturated rings. The number of aryl methyl sites for hydroxylation is 2. The largest absolute Gasteiger partial charge is 0.495 e. The fraction of sp³-hybridized carbons (Fsp3) is 0.333. The average Bonchev–Trinajstić information content (AvgIpc) is 2.96. The van der Waals surface area contributed by atoms with E-state index in [9.17, 15) is 16.8 Å². The second kappa shape index (κ2) is 7.46. The first-order valence-corrected chi connectivity index (χ1v) is 12.0. The molecule has 0 spiro atoms. The molecule has 1 aliphatic rings. The van der Waals surface area contributed by atoms with E-state index in [1.54, 1.807) is 32.0 Å². The van der Waals surface area contributed by atoms with Crippen LogP contribution in [-0.2, 0) is 20.0 Å². The highest BCUT2D eigenvalue weighted by Gasteiger charge is 2.29. The number of sulfonamides is 2. The molecule has 0 saturated carbocycles. The van der Waals surface area contributed by atoms with Gasteiger partial charge in [0.15, 0.2) is 0 Å². The third-order valence-corrected chi connectivity index (χ3v) is 8.34. The number of nitrogens with one attached hydrogen (secondary N) is 1. The van der Waals surface area contributed by atoms with E-state index in [4.69, 9.17) is 16.3 Å². The molecule has 0 aliphatic carbocycles. The second-order valence-corrected chi connectivity index (χ2v) is 10.7. The highest BCUT2D eigenvalue weighted by atomic mass is 35.5. The molecule has 0 atom stereocenters. The van der Waals surface area contributed by atoms with Crippen LogP contribution in [0.25, 0.3) is 0 Å². The van der Waals surface area contributed by atoms with E-state index in [1.165, 1.54) is 23.5 Å². The molecule has 1 heterocycles. The Bertz CT molecular complexity index is 1130. The van der Waals surface area contributed by atoms with Crippen LogP contribution >= 0.6 is 11.6 Å². The van der Waals surface area contributed by atoms with Crippen LogP contribution in [0, 0.1) is 13.8 Å². The Kier molecular flexibility index (Phi) is 5.53. The summed E-state index contributed by atoms with van der Waals surface area (Å²) in [4.78, 5) is 0.0932. The van der Waals surface area contributed by atoms with Gasteiger partial charge in [0.2, 0.25) is 10.0 Å². The lowest BCUT2D eigenvalue weighted by atomic mass is 10.2.